The molecule has 0 aromatic heterocycles. The molecule has 0 aliphatic carbocycles. The summed E-state index contributed by atoms with van der Waals surface area (Å²) in [5, 5.41) is 2.93. The third-order valence-electron chi connectivity index (χ3n) is 5.34. The molecular weight excluding hydrogens is 344 g/mol. The van der Waals surface area contributed by atoms with Gasteiger partial charge in [-0.1, -0.05) is 24.6 Å². The molecule has 2 aliphatic rings. The molecular formula is C20H28N4O3. The number of hydrogen-bond donors (Lipinski definition) is 1. The second kappa shape index (κ2) is 8.08. The highest BCUT2D eigenvalue weighted by atomic mass is 16.5. The van der Waals surface area contributed by atoms with Crippen LogP contribution < -0.4 is 5.32 Å². The summed E-state index contributed by atoms with van der Waals surface area (Å²) in [5.41, 5.74) is 2.12. The van der Waals surface area contributed by atoms with Crippen LogP contribution in [0.3, 0.4) is 0 Å². The van der Waals surface area contributed by atoms with Gasteiger partial charge in [-0.3, -0.25) is 4.90 Å². The van der Waals surface area contributed by atoms with Crippen molar-refractivity contribution >= 4 is 23.5 Å². The average Bonchev–Trinajstić information content (AvgIpc) is 3.07. The van der Waals surface area contributed by atoms with Crippen LogP contribution in [0.4, 0.5) is 15.3 Å². The van der Waals surface area contributed by atoms with Gasteiger partial charge in [0.1, 0.15) is 5.72 Å². The predicted octanol–water partition coefficient (Wildman–Crippen LogP) is 3.64. The highest BCUT2D eigenvalue weighted by Crippen LogP contribution is 2.35. The number of amides is 4. The molecule has 2 heterocycles. The molecule has 1 spiro atoms. The zero-order valence-electron chi connectivity index (χ0n) is 16.3. The molecule has 2 saturated heterocycles. The number of ether oxygens (including phenoxy) is 1. The first kappa shape index (κ1) is 19.4. The van der Waals surface area contributed by atoms with E-state index in [9.17, 15) is 9.59 Å². The molecule has 27 heavy (non-hydrogen) atoms. The fourth-order valence-corrected chi connectivity index (χ4v) is 3.49. The Labute approximate surface area is 160 Å². The minimum Gasteiger partial charge on any atom is -0.354 e. The number of anilines is 1. The lowest BCUT2D eigenvalue weighted by Crippen LogP contribution is -2.55. The van der Waals surface area contributed by atoms with Crippen molar-refractivity contribution < 1.29 is 14.3 Å². The Morgan fingerprint density at radius 2 is 1.85 bits per heavy atom. The maximum atomic E-state index is 12.5. The van der Waals surface area contributed by atoms with Crippen molar-refractivity contribution in [2.75, 3.05) is 31.6 Å². The normalized spacial score (nSPS) is 19.4. The SMILES string of the molecule is CCC(C)=NC(=O)N1CCOC12CCN(C(=O)Nc1ccc(C)cc1)CC2. The highest BCUT2D eigenvalue weighted by molar-refractivity contribution is 5.94. The number of benzene rings is 1. The molecule has 0 unspecified atom stereocenters. The Balaban J connectivity index is 1.60. The number of piperidine rings is 1. The first-order chi connectivity index (χ1) is 12.9. The fraction of sp³-hybridized carbons (Fsp3) is 0.550. The Morgan fingerprint density at radius 1 is 1.19 bits per heavy atom. The molecule has 2 aliphatic heterocycles. The number of rotatable bonds is 2. The van der Waals surface area contributed by atoms with Crippen molar-refractivity contribution in [3.8, 4) is 0 Å². The van der Waals surface area contributed by atoms with E-state index in [0.29, 0.717) is 39.1 Å². The lowest BCUT2D eigenvalue weighted by Gasteiger charge is -2.42. The molecule has 2 fully saturated rings. The van der Waals surface area contributed by atoms with Crippen LogP contribution >= 0.6 is 0 Å². The largest absolute Gasteiger partial charge is 0.354 e. The van der Waals surface area contributed by atoms with Gasteiger partial charge in [-0.25, -0.2) is 14.6 Å². The number of aryl methyl sites for hydroxylation is 1. The summed E-state index contributed by atoms with van der Waals surface area (Å²) in [7, 11) is 0. The fourth-order valence-electron chi connectivity index (χ4n) is 3.49. The van der Waals surface area contributed by atoms with Gasteiger partial charge in [0, 0.05) is 43.9 Å². The lowest BCUT2D eigenvalue weighted by atomic mass is 9.99. The molecule has 146 valence electrons. The van der Waals surface area contributed by atoms with Gasteiger partial charge in [-0.15, -0.1) is 0 Å². The zero-order chi connectivity index (χ0) is 19.4. The number of aliphatic imine (C=N–C) groups is 1. The number of carbonyl (C=O) groups excluding carboxylic acids is 2. The van der Waals surface area contributed by atoms with Crippen LogP contribution in [0.2, 0.25) is 0 Å². The van der Waals surface area contributed by atoms with Crippen molar-refractivity contribution in [3.63, 3.8) is 0 Å². The molecule has 7 heteroatoms. The van der Waals surface area contributed by atoms with Crippen molar-refractivity contribution in [1.29, 1.82) is 0 Å². The van der Waals surface area contributed by atoms with Crippen LogP contribution in [0, 0.1) is 6.92 Å². The molecule has 7 nitrogen and oxygen atoms in total. The molecule has 0 saturated carbocycles. The van der Waals surface area contributed by atoms with Crippen molar-refractivity contribution in [2.24, 2.45) is 4.99 Å². The molecule has 1 N–H and O–H groups in total. The van der Waals surface area contributed by atoms with Gasteiger partial charge < -0.3 is 15.0 Å². The third kappa shape index (κ3) is 4.30. The molecule has 3 rings (SSSR count). The second-order valence-electron chi connectivity index (χ2n) is 7.21. The second-order valence-corrected chi connectivity index (χ2v) is 7.21. The zero-order valence-corrected chi connectivity index (χ0v) is 16.3. The van der Waals surface area contributed by atoms with Crippen LogP contribution in [0.15, 0.2) is 29.3 Å². The summed E-state index contributed by atoms with van der Waals surface area (Å²) in [6.07, 6.45) is 1.95. The number of nitrogens with one attached hydrogen (secondary N) is 1. The average molecular weight is 372 g/mol. The summed E-state index contributed by atoms with van der Waals surface area (Å²) < 4.78 is 5.97. The summed E-state index contributed by atoms with van der Waals surface area (Å²) in [6, 6.07) is 7.37. The van der Waals surface area contributed by atoms with E-state index in [1.807, 2.05) is 45.0 Å². The maximum absolute atomic E-state index is 12.5. The van der Waals surface area contributed by atoms with E-state index in [-0.39, 0.29) is 12.1 Å². The monoisotopic (exact) mass is 372 g/mol. The summed E-state index contributed by atoms with van der Waals surface area (Å²) in [4.78, 5) is 32.8. The van der Waals surface area contributed by atoms with Gasteiger partial charge in [0.2, 0.25) is 0 Å². The third-order valence-corrected chi connectivity index (χ3v) is 5.34. The predicted molar refractivity (Wildman–Crippen MR) is 105 cm³/mol. The minimum atomic E-state index is -0.630. The van der Waals surface area contributed by atoms with E-state index < -0.39 is 5.72 Å². The highest BCUT2D eigenvalue weighted by Gasteiger charge is 2.47. The van der Waals surface area contributed by atoms with Crippen molar-refractivity contribution in [1.82, 2.24) is 9.80 Å². The van der Waals surface area contributed by atoms with Gasteiger partial charge in [0.15, 0.2) is 0 Å². The standard InChI is InChI=1S/C20H28N4O3/c1-4-16(3)21-19(26)24-13-14-27-20(24)9-11-23(12-10-20)18(25)22-17-7-5-15(2)6-8-17/h5-8H,4,9-14H2,1-3H3,(H,22,25). The van der Waals surface area contributed by atoms with Gasteiger partial charge in [0.05, 0.1) is 6.61 Å². The van der Waals surface area contributed by atoms with Crippen LogP contribution in [0.1, 0.15) is 38.7 Å². The summed E-state index contributed by atoms with van der Waals surface area (Å²) in [6.45, 7) is 8.00. The van der Waals surface area contributed by atoms with Crippen LogP contribution in [0.5, 0.6) is 0 Å². The molecule has 0 bridgehead atoms. The summed E-state index contributed by atoms with van der Waals surface area (Å²) >= 11 is 0. The Kier molecular flexibility index (Phi) is 5.79. The van der Waals surface area contributed by atoms with E-state index in [1.165, 1.54) is 0 Å². The van der Waals surface area contributed by atoms with Crippen LogP contribution in [-0.2, 0) is 4.74 Å². The minimum absolute atomic E-state index is 0.121. The smallest absolute Gasteiger partial charge is 0.345 e. The van der Waals surface area contributed by atoms with Gasteiger partial charge >= 0.3 is 12.1 Å². The van der Waals surface area contributed by atoms with Gasteiger partial charge in [-0.2, -0.15) is 0 Å². The topological polar surface area (TPSA) is 74.2 Å². The molecule has 4 amide bonds. The van der Waals surface area contributed by atoms with E-state index in [0.717, 1.165) is 23.4 Å². The van der Waals surface area contributed by atoms with E-state index >= 15 is 0 Å². The van der Waals surface area contributed by atoms with Crippen molar-refractivity contribution in [3.05, 3.63) is 29.8 Å². The first-order valence-electron chi connectivity index (χ1n) is 9.56. The molecule has 0 radical (unpaired) electrons. The molecule has 1 aromatic carbocycles. The molecule has 0 atom stereocenters. The number of likely N-dealkylation sites (tertiary alicyclic amines) is 1. The lowest BCUT2D eigenvalue weighted by molar-refractivity contribution is -0.0949. The Morgan fingerprint density at radius 3 is 2.48 bits per heavy atom. The Bertz CT molecular complexity index is 721. The van der Waals surface area contributed by atoms with E-state index in [4.69, 9.17) is 4.74 Å². The van der Waals surface area contributed by atoms with E-state index in [2.05, 4.69) is 10.3 Å². The number of hydrogen-bond acceptors (Lipinski definition) is 3. The molecule has 1 aromatic rings. The number of nitrogens with zero attached hydrogens (tertiary/aromatic N) is 3. The van der Waals surface area contributed by atoms with Gasteiger partial charge in [-0.05, 0) is 32.4 Å². The summed E-state index contributed by atoms with van der Waals surface area (Å²) in [5.74, 6) is 0. The van der Waals surface area contributed by atoms with Crippen LogP contribution in [-0.4, -0.2) is 59.5 Å². The van der Waals surface area contributed by atoms with Crippen molar-refractivity contribution in [2.45, 2.75) is 45.8 Å². The first-order valence-corrected chi connectivity index (χ1v) is 9.56. The van der Waals surface area contributed by atoms with E-state index in [1.54, 1.807) is 9.80 Å². The quantitative estimate of drug-likeness (QED) is 0.806. The van der Waals surface area contributed by atoms with Gasteiger partial charge in [0.25, 0.3) is 0 Å². The van der Waals surface area contributed by atoms with Crippen LogP contribution in [0.25, 0.3) is 0 Å². The number of urea groups is 2. The number of carbonyl (C=O) groups is 2. The Hall–Kier alpha value is -2.41. The maximum Gasteiger partial charge on any atom is 0.345 e.